The molecule has 0 spiro atoms. The highest BCUT2D eigenvalue weighted by atomic mass is 28.3. The first kappa shape index (κ1) is 32.7. The minimum absolute atomic E-state index is 0.531. The molecule has 2 rings (SSSR count). The topological polar surface area (TPSA) is 18.5 Å². The van der Waals surface area contributed by atoms with Gasteiger partial charge in [0.05, 0.1) is 43.8 Å². The minimum atomic E-state index is -2.09. The molecule has 0 amide bonds. The van der Waals surface area contributed by atoms with Gasteiger partial charge in [0.1, 0.15) is 0 Å². The van der Waals surface area contributed by atoms with Crippen molar-refractivity contribution in [3.8, 4) is 11.5 Å². The van der Waals surface area contributed by atoms with E-state index in [2.05, 4.69) is 131 Å². The zero-order valence-electron chi connectivity index (χ0n) is 27.0. The average molecular weight is 587 g/mol. The maximum atomic E-state index is 7.28. The van der Waals surface area contributed by atoms with Gasteiger partial charge in [-0.1, -0.05) is 134 Å². The monoisotopic (exact) mass is 586 g/mol. The second kappa shape index (κ2) is 11.5. The molecule has 2 aromatic rings. The fourth-order valence-electron chi connectivity index (χ4n) is 4.80. The quantitative estimate of drug-likeness (QED) is 0.277. The molecule has 0 saturated carbocycles. The second-order valence-electron chi connectivity index (χ2n) is 15.7. The Bertz CT molecular complexity index is 947. The van der Waals surface area contributed by atoms with E-state index in [9.17, 15) is 0 Å². The van der Waals surface area contributed by atoms with E-state index in [-0.39, 0.29) is 0 Å². The van der Waals surface area contributed by atoms with Crippen molar-refractivity contribution in [1.29, 1.82) is 0 Å². The van der Waals surface area contributed by atoms with Crippen LogP contribution in [0.25, 0.3) is 0 Å². The molecule has 0 bridgehead atoms. The van der Waals surface area contributed by atoms with Crippen LogP contribution in [0.1, 0.15) is 25.0 Å². The fraction of sp³-hybridized carbons (Fsp3) is 0.600. The van der Waals surface area contributed by atoms with E-state index >= 15 is 0 Å². The van der Waals surface area contributed by atoms with Crippen molar-refractivity contribution in [2.75, 3.05) is 0 Å². The zero-order chi connectivity index (χ0) is 28.7. The van der Waals surface area contributed by atoms with Crippen LogP contribution in [0.4, 0.5) is 0 Å². The molecule has 7 heteroatoms. The van der Waals surface area contributed by atoms with Gasteiger partial charge in [-0.3, -0.25) is 0 Å². The van der Waals surface area contributed by atoms with Crippen LogP contribution in [0, 0.1) is 19.8 Å². The first-order valence-electron chi connectivity index (χ1n) is 14.2. The smallest absolute Gasteiger partial charge is 0.612 e. The SMILES string of the molecule is Cc1cc([Si](C)(C)C)c([O][Al]([CH2]C(C)C)[O]c2c([Si](C)(C)C)cc(C)cc2[Si](C)(C)C)c([Si](C)(C)C)c1. The molecule has 0 radical (unpaired) electrons. The van der Waals surface area contributed by atoms with Crippen LogP contribution in [0.15, 0.2) is 24.3 Å². The lowest BCUT2D eigenvalue weighted by molar-refractivity contribution is 0.415. The Morgan fingerprint density at radius 1 is 0.541 bits per heavy atom. The van der Waals surface area contributed by atoms with Crippen LogP contribution in [0.5, 0.6) is 11.5 Å². The lowest BCUT2D eigenvalue weighted by Gasteiger charge is -2.34. The van der Waals surface area contributed by atoms with Crippen LogP contribution >= 0.6 is 0 Å². The number of rotatable bonds is 10. The molecule has 0 saturated heterocycles. The highest BCUT2D eigenvalue weighted by Gasteiger charge is 2.40. The van der Waals surface area contributed by atoms with Gasteiger partial charge in [0.25, 0.3) is 0 Å². The molecule has 206 valence electrons. The van der Waals surface area contributed by atoms with Crippen LogP contribution in [-0.2, 0) is 0 Å². The molecule has 0 aliphatic rings. The molecule has 0 aromatic heterocycles. The van der Waals surface area contributed by atoms with Gasteiger partial charge >= 0.3 is 14.8 Å². The van der Waals surface area contributed by atoms with Crippen LogP contribution < -0.4 is 28.3 Å². The summed E-state index contributed by atoms with van der Waals surface area (Å²) in [4.78, 5) is 0. The number of aryl methyl sites for hydroxylation is 2. The van der Waals surface area contributed by atoms with Crippen molar-refractivity contribution >= 4 is 67.9 Å². The summed E-state index contributed by atoms with van der Waals surface area (Å²) < 4.78 is 14.6. The summed E-state index contributed by atoms with van der Waals surface area (Å²) in [6.07, 6.45) is 0. The molecule has 2 nitrogen and oxygen atoms in total. The number of hydrogen-bond acceptors (Lipinski definition) is 2. The third-order valence-electron chi connectivity index (χ3n) is 6.86. The second-order valence-corrected chi connectivity index (χ2v) is 37.6. The van der Waals surface area contributed by atoms with Crippen molar-refractivity contribution < 1.29 is 7.58 Å². The van der Waals surface area contributed by atoms with Crippen molar-refractivity contribution in [3.63, 3.8) is 0 Å². The summed E-state index contributed by atoms with van der Waals surface area (Å²) in [5, 5.41) is 6.88. The predicted octanol–water partition coefficient (Wildman–Crippen LogP) is 7.09. The van der Waals surface area contributed by atoms with E-state index in [1.165, 1.54) is 43.4 Å². The Hall–Kier alpha value is -0.560. The van der Waals surface area contributed by atoms with Gasteiger partial charge in [-0.25, -0.2) is 0 Å². The van der Waals surface area contributed by atoms with Gasteiger partial charge in [0.15, 0.2) is 0 Å². The first-order valence-corrected chi connectivity index (χ1v) is 29.9. The van der Waals surface area contributed by atoms with Crippen molar-refractivity contribution in [1.82, 2.24) is 0 Å². The van der Waals surface area contributed by atoms with Crippen LogP contribution in [0.3, 0.4) is 0 Å². The molecule has 37 heavy (non-hydrogen) atoms. The highest BCUT2D eigenvalue weighted by molar-refractivity contribution is 6.94. The van der Waals surface area contributed by atoms with E-state index in [4.69, 9.17) is 7.58 Å². The summed E-state index contributed by atoms with van der Waals surface area (Å²) in [5.74, 6) is 2.92. The number of benzene rings is 2. The molecule has 0 N–H and O–H groups in total. The largest absolute Gasteiger partial charge is 0.857 e. The normalized spacial score (nSPS) is 13.2. The van der Waals surface area contributed by atoms with E-state index < -0.39 is 47.1 Å². The van der Waals surface area contributed by atoms with Gasteiger partial charge in [0.2, 0.25) is 0 Å². The summed E-state index contributed by atoms with van der Waals surface area (Å²) in [5.41, 5.74) is 2.73. The molecule has 0 aliphatic heterocycles. The van der Waals surface area contributed by atoms with Crippen LogP contribution in [-0.4, -0.2) is 47.1 Å². The summed E-state index contributed by atoms with van der Waals surface area (Å²) >= 11 is -2.09. The lowest BCUT2D eigenvalue weighted by atomic mass is 10.2. The van der Waals surface area contributed by atoms with E-state index in [0.29, 0.717) is 5.92 Å². The first-order chi connectivity index (χ1) is 16.5. The van der Waals surface area contributed by atoms with E-state index in [1.54, 1.807) is 0 Å². The van der Waals surface area contributed by atoms with Crippen LogP contribution in [0.2, 0.25) is 83.8 Å². The van der Waals surface area contributed by atoms with Gasteiger partial charge < -0.3 is 7.58 Å². The van der Waals surface area contributed by atoms with Gasteiger partial charge in [-0.05, 0) is 39.9 Å². The predicted molar refractivity (Wildman–Crippen MR) is 181 cm³/mol. The Balaban J connectivity index is 2.80. The van der Waals surface area contributed by atoms with Crippen molar-refractivity contribution in [2.45, 2.75) is 112 Å². The average Bonchev–Trinajstić information content (AvgIpc) is 2.66. The molecule has 0 atom stereocenters. The minimum Gasteiger partial charge on any atom is -0.612 e. The third-order valence-corrected chi connectivity index (χ3v) is 17.1. The summed E-state index contributed by atoms with van der Waals surface area (Å²) in [6, 6.07) is 9.66. The van der Waals surface area contributed by atoms with Gasteiger partial charge in [-0.15, -0.1) is 0 Å². The maximum Gasteiger partial charge on any atom is 0.857 e. The fourth-order valence-corrected chi connectivity index (χ4v) is 13.7. The molecular formula is C30H55AlO2Si4. The van der Waals surface area contributed by atoms with E-state index in [0.717, 1.165) is 5.28 Å². The molecule has 2 aromatic carbocycles. The summed E-state index contributed by atoms with van der Waals surface area (Å²) in [6.45, 7) is 38.6. The molecular weight excluding hydrogens is 532 g/mol. The van der Waals surface area contributed by atoms with Crippen molar-refractivity contribution in [2.24, 2.45) is 5.92 Å². The van der Waals surface area contributed by atoms with Gasteiger partial charge in [-0.2, -0.15) is 0 Å². The Labute approximate surface area is 238 Å². The molecule has 0 heterocycles. The molecule has 0 aliphatic carbocycles. The van der Waals surface area contributed by atoms with E-state index in [1.807, 2.05) is 0 Å². The Morgan fingerprint density at radius 2 is 0.784 bits per heavy atom. The third kappa shape index (κ3) is 8.71. The lowest BCUT2D eigenvalue weighted by Crippen LogP contribution is -2.51. The molecule has 0 unspecified atom stereocenters. The molecule has 0 fully saturated rings. The highest BCUT2D eigenvalue weighted by Crippen LogP contribution is 2.25. The Kier molecular flexibility index (Phi) is 10.2. The van der Waals surface area contributed by atoms with Gasteiger partial charge in [0, 0.05) is 0 Å². The zero-order valence-corrected chi connectivity index (χ0v) is 32.1. The standard InChI is InChI=1S/2C13H24OSi2.C4H9.Al/c2*1-10-8-11(15(2,3)4)13(14)12(9-10)16(5,6)7;1-4(2)3;/h2*8-9,14H,1-7H3;4H,1H2,2-3H3;/q;;;+2/p-2. The maximum absolute atomic E-state index is 7.28. The number of hydrogen-bond donors (Lipinski definition) is 0. The Morgan fingerprint density at radius 3 is 0.973 bits per heavy atom. The van der Waals surface area contributed by atoms with Crippen molar-refractivity contribution in [3.05, 3.63) is 35.4 Å². The summed E-state index contributed by atoms with van der Waals surface area (Å²) in [7, 11) is -6.52.